The summed E-state index contributed by atoms with van der Waals surface area (Å²) in [7, 11) is 0. The van der Waals surface area contributed by atoms with Crippen LogP contribution in [0.2, 0.25) is 0 Å². The highest BCUT2D eigenvalue weighted by atomic mass is 15.2. The molecule has 4 saturated carbocycles. The lowest BCUT2D eigenvalue weighted by Crippen LogP contribution is -2.49. The average molecular weight is 259 g/mol. The lowest BCUT2D eigenvalue weighted by atomic mass is 9.49. The second kappa shape index (κ2) is 4.32. The van der Waals surface area contributed by atoms with Crippen molar-refractivity contribution in [3.05, 3.63) is 11.6 Å². The number of hydrogen-bond acceptors (Lipinski definition) is 2. The van der Waals surface area contributed by atoms with E-state index >= 15 is 0 Å². The molecule has 1 N–H and O–H groups in total. The van der Waals surface area contributed by atoms with Crippen LogP contribution in [0, 0.1) is 17.8 Å². The summed E-state index contributed by atoms with van der Waals surface area (Å²) in [5.74, 6) is 5.21. The van der Waals surface area contributed by atoms with Crippen molar-refractivity contribution >= 4 is 0 Å². The number of aromatic nitrogens is 3. The quantitative estimate of drug-likeness (QED) is 0.897. The SMILES string of the molecule is CCCCc1nc(C23CC4CC(CC(C4)C2)C3)n[nH]1. The van der Waals surface area contributed by atoms with Gasteiger partial charge in [-0.15, -0.1) is 0 Å². The maximum absolute atomic E-state index is 4.87. The van der Waals surface area contributed by atoms with E-state index in [0.717, 1.165) is 35.8 Å². The molecule has 5 rings (SSSR count). The monoisotopic (exact) mass is 259 g/mol. The van der Waals surface area contributed by atoms with E-state index in [-0.39, 0.29) is 0 Å². The van der Waals surface area contributed by atoms with Gasteiger partial charge in [0, 0.05) is 11.8 Å². The van der Waals surface area contributed by atoms with Gasteiger partial charge in [-0.05, 0) is 62.7 Å². The van der Waals surface area contributed by atoms with Crippen molar-refractivity contribution in [3.63, 3.8) is 0 Å². The summed E-state index contributed by atoms with van der Waals surface area (Å²) in [6, 6.07) is 0. The van der Waals surface area contributed by atoms with Crippen LogP contribution in [0.1, 0.15) is 69.9 Å². The summed E-state index contributed by atoms with van der Waals surface area (Å²) in [4.78, 5) is 4.87. The van der Waals surface area contributed by atoms with E-state index in [1.165, 1.54) is 51.4 Å². The number of aromatic amines is 1. The molecule has 4 fully saturated rings. The zero-order valence-electron chi connectivity index (χ0n) is 12.0. The molecule has 19 heavy (non-hydrogen) atoms. The Morgan fingerprint density at radius 3 is 2.32 bits per heavy atom. The van der Waals surface area contributed by atoms with Gasteiger partial charge < -0.3 is 0 Å². The third-order valence-corrected chi connectivity index (χ3v) is 5.81. The van der Waals surface area contributed by atoms with E-state index in [1.54, 1.807) is 0 Å². The highest BCUT2D eigenvalue weighted by Crippen LogP contribution is 2.60. The standard InChI is InChI=1S/C16H25N3/c1-2-3-4-14-17-15(19-18-14)16-8-11-5-12(9-16)7-13(6-11)10-16/h11-13H,2-10H2,1H3,(H,17,18,19). The summed E-state index contributed by atoms with van der Waals surface area (Å²) in [6.45, 7) is 2.23. The van der Waals surface area contributed by atoms with Gasteiger partial charge >= 0.3 is 0 Å². The molecule has 3 heteroatoms. The molecular formula is C16H25N3. The van der Waals surface area contributed by atoms with Gasteiger partial charge in [-0.25, -0.2) is 4.98 Å². The largest absolute Gasteiger partial charge is 0.263 e. The van der Waals surface area contributed by atoms with Crippen molar-refractivity contribution in [2.24, 2.45) is 17.8 Å². The van der Waals surface area contributed by atoms with Crippen LogP contribution in [0.3, 0.4) is 0 Å². The molecule has 0 aromatic carbocycles. The Morgan fingerprint density at radius 2 is 1.74 bits per heavy atom. The highest BCUT2D eigenvalue weighted by molar-refractivity contribution is 5.17. The van der Waals surface area contributed by atoms with Crippen molar-refractivity contribution in [1.29, 1.82) is 0 Å². The lowest BCUT2D eigenvalue weighted by molar-refractivity contribution is -0.00925. The van der Waals surface area contributed by atoms with E-state index in [2.05, 4.69) is 17.1 Å². The molecule has 3 nitrogen and oxygen atoms in total. The van der Waals surface area contributed by atoms with E-state index in [0.29, 0.717) is 5.41 Å². The molecule has 0 spiro atoms. The number of H-pyrrole nitrogens is 1. The molecule has 0 unspecified atom stereocenters. The third kappa shape index (κ3) is 1.93. The van der Waals surface area contributed by atoms with Crippen LogP contribution in [-0.2, 0) is 11.8 Å². The van der Waals surface area contributed by atoms with Crippen molar-refractivity contribution in [2.45, 2.75) is 70.1 Å². The number of aryl methyl sites for hydroxylation is 1. The average Bonchev–Trinajstić information content (AvgIpc) is 2.84. The fourth-order valence-corrected chi connectivity index (χ4v) is 5.37. The minimum Gasteiger partial charge on any atom is -0.263 e. The zero-order valence-corrected chi connectivity index (χ0v) is 12.0. The Kier molecular flexibility index (Phi) is 2.71. The van der Waals surface area contributed by atoms with Gasteiger partial charge in [0.05, 0.1) is 0 Å². The van der Waals surface area contributed by atoms with Gasteiger partial charge in [-0.2, -0.15) is 5.10 Å². The Bertz CT molecular complexity index is 427. The Balaban J connectivity index is 1.59. The summed E-state index contributed by atoms with van der Waals surface area (Å²) >= 11 is 0. The molecule has 4 aliphatic carbocycles. The predicted octanol–water partition coefficient (Wildman–Crippen LogP) is 3.62. The minimum atomic E-state index is 0.357. The number of nitrogens with zero attached hydrogens (tertiary/aromatic N) is 2. The van der Waals surface area contributed by atoms with E-state index in [4.69, 9.17) is 4.98 Å². The Labute approximate surface area is 115 Å². The smallest absolute Gasteiger partial charge is 0.156 e. The van der Waals surface area contributed by atoms with Crippen molar-refractivity contribution in [3.8, 4) is 0 Å². The molecule has 0 saturated heterocycles. The first-order chi connectivity index (χ1) is 9.27. The van der Waals surface area contributed by atoms with E-state index in [1.807, 2.05) is 0 Å². The first-order valence-electron chi connectivity index (χ1n) is 8.19. The first kappa shape index (κ1) is 11.9. The van der Waals surface area contributed by atoms with Gasteiger partial charge in [0.25, 0.3) is 0 Å². The summed E-state index contributed by atoms with van der Waals surface area (Å²) in [5.41, 5.74) is 0.357. The lowest BCUT2D eigenvalue weighted by Gasteiger charge is -2.55. The molecule has 4 bridgehead atoms. The van der Waals surface area contributed by atoms with Gasteiger partial charge in [-0.1, -0.05) is 13.3 Å². The summed E-state index contributed by atoms with van der Waals surface area (Å²) in [6.07, 6.45) is 12.1. The summed E-state index contributed by atoms with van der Waals surface area (Å²) in [5, 5.41) is 7.83. The first-order valence-corrected chi connectivity index (χ1v) is 8.19. The molecule has 0 amide bonds. The Hall–Kier alpha value is -0.860. The van der Waals surface area contributed by atoms with Crippen molar-refractivity contribution in [2.75, 3.05) is 0 Å². The number of nitrogens with one attached hydrogen (secondary N) is 1. The fraction of sp³-hybridized carbons (Fsp3) is 0.875. The fourth-order valence-electron chi connectivity index (χ4n) is 5.37. The minimum absolute atomic E-state index is 0.357. The maximum atomic E-state index is 4.87. The normalized spacial score (nSPS) is 39.9. The molecule has 0 radical (unpaired) electrons. The van der Waals surface area contributed by atoms with Crippen LogP contribution in [0.4, 0.5) is 0 Å². The van der Waals surface area contributed by atoms with Crippen LogP contribution in [0.15, 0.2) is 0 Å². The van der Waals surface area contributed by atoms with Gasteiger partial charge in [0.1, 0.15) is 5.82 Å². The second-order valence-electron chi connectivity index (χ2n) is 7.41. The molecule has 0 atom stereocenters. The number of unbranched alkanes of at least 4 members (excludes halogenated alkanes) is 1. The van der Waals surface area contributed by atoms with Crippen molar-refractivity contribution < 1.29 is 0 Å². The molecule has 1 heterocycles. The predicted molar refractivity (Wildman–Crippen MR) is 74.8 cm³/mol. The molecule has 1 aromatic rings. The Morgan fingerprint density at radius 1 is 1.11 bits per heavy atom. The topological polar surface area (TPSA) is 41.6 Å². The molecule has 0 aliphatic heterocycles. The van der Waals surface area contributed by atoms with Crippen LogP contribution < -0.4 is 0 Å². The second-order valence-corrected chi connectivity index (χ2v) is 7.41. The highest BCUT2D eigenvalue weighted by Gasteiger charge is 2.53. The maximum Gasteiger partial charge on any atom is 0.156 e. The van der Waals surface area contributed by atoms with Gasteiger partial charge in [0.2, 0.25) is 0 Å². The van der Waals surface area contributed by atoms with Crippen LogP contribution in [-0.4, -0.2) is 15.2 Å². The van der Waals surface area contributed by atoms with Crippen LogP contribution in [0.25, 0.3) is 0 Å². The summed E-state index contributed by atoms with van der Waals surface area (Å²) < 4.78 is 0. The molecule has 104 valence electrons. The number of rotatable bonds is 4. The molecule has 4 aliphatic rings. The third-order valence-electron chi connectivity index (χ3n) is 5.81. The van der Waals surface area contributed by atoms with E-state index in [9.17, 15) is 0 Å². The molecular weight excluding hydrogens is 234 g/mol. The van der Waals surface area contributed by atoms with Crippen LogP contribution >= 0.6 is 0 Å². The number of hydrogen-bond donors (Lipinski definition) is 1. The van der Waals surface area contributed by atoms with Gasteiger partial charge in [0.15, 0.2) is 5.82 Å². The zero-order chi connectivity index (χ0) is 12.9. The van der Waals surface area contributed by atoms with E-state index < -0.39 is 0 Å². The van der Waals surface area contributed by atoms with Gasteiger partial charge in [-0.3, -0.25) is 5.10 Å². The van der Waals surface area contributed by atoms with Crippen molar-refractivity contribution in [1.82, 2.24) is 15.2 Å². The molecule has 1 aromatic heterocycles. The van der Waals surface area contributed by atoms with Crippen LogP contribution in [0.5, 0.6) is 0 Å².